The van der Waals surface area contributed by atoms with Crippen molar-refractivity contribution in [2.45, 2.75) is 26.3 Å². The van der Waals surface area contributed by atoms with Gasteiger partial charge in [0.25, 0.3) is 0 Å². The van der Waals surface area contributed by atoms with Gasteiger partial charge in [-0.15, -0.1) is 0 Å². The highest BCUT2D eigenvalue weighted by Gasteiger charge is 2.36. The molecule has 1 saturated carbocycles. The Balaban J connectivity index is 1.77. The lowest BCUT2D eigenvalue weighted by atomic mass is 10.1. The molecule has 1 aromatic carbocycles. The van der Waals surface area contributed by atoms with Crippen molar-refractivity contribution >= 4 is 11.6 Å². The predicted octanol–water partition coefficient (Wildman–Crippen LogP) is 3.23. The second-order valence-corrected chi connectivity index (χ2v) is 4.98. The van der Waals surface area contributed by atoms with E-state index >= 15 is 0 Å². The molecular weight excluding hydrogens is 194 g/mol. The van der Waals surface area contributed by atoms with Gasteiger partial charge in [-0.3, -0.25) is 0 Å². The molecule has 2 heteroatoms. The number of hydrogen-bond donors (Lipinski definition) is 1. The minimum Gasteiger partial charge on any atom is -0.312 e. The summed E-state index contributed by atoms with van der Waals surface area (Å²) in [6.45, 7) is 4.42. The maximum absolute atomic E-state index is 5.81. The lowest BCUT2D eigenvalue weighted by molar-refractivity contribution is 0.499. The van der Waals surface area contributed by atoms with Crippen molar-refractivity contribution in [3.05, 3.63) is 34.9 Å². The Kier molecular flexibility index (Phi) is 2.80. The van der Waals surface area contributed by atoms with Crippen LogP contribution in [0.1, 0.15) is 25.3 Å². The fourth-order valence-corrected chi connectivity index (χ4v) is 1.63. The predicted molar refractivity (Wildman–Crippen MR) is 60.5 cm³/mol. The molecule has 0 atom stereocenters. The fraction of sp³-hybridized carbons (Fsp3) is 0.500. The van der Waals surface area contributed by atoms with Crippen molar-refractivity contribution in [3.8, 4) is 0 Å². The van der Waals surface area contributed by atoms with Crippen molar-refractivity contribution < 1.29 is 0 Å². The van der Waals surface area contributed by atoms with Crippen molar-refractivity contribution in [1.82, 2.24) is 5.32 Å². The van der Waals surface area contributed by atoms with Gasteiger partial charge in [-0.2, -0.15) is 0 Å². The van der Waals surface area contributed by atoms with Crippen LogP contribution in [0.25, 0.3) is 0 Å². The number of benzene rings is 1. The molecule has 1 aliphatic carbocycles. The summed E-state index contributed by atoms with van der Waals surface area (Å²) in [5.41, 5.74) is 1.89. The number of halogens is 1. The normalized spacial score (nSPS) is 18.1. The van der Waals surface area contributed by atoms with Crippen LogP contribution in [-0.4, -0.2) is 6.54 Å². The van der Waals surface area contributed by atoms with Crippen molar-refractivity contribution in [2.24, 2.45) is 5.41 Å². The van der Waals surface area contributed by atoms with Gasteiger partial charge in [0.15, 0.2) is 0 Å². The average molecular weight is 210 g/mol. The summed E-state index contributed by atoms with van der Waals surface area (Å²) in [6.07, 6.45) is 2.75. The smallest absolute Gasteiger partial charge is 0.0406 e. The SMILES string of the molecule is CC1(CNCc2ccc(Cl)cc2)CC1. The fourth-order valence-electron chi connectivity index (χ4n) is 1.50. The molecule has 0 bridgehead atoms. The van der Waals surface area contributed by atoms with Crippen LogP contribution in [0.2, 0.25) is 5.02 Å². The van der Waals surface area contributed by atoms with Crippen molar-refractivity contribution in [2.75, 3.05) is 6.54 Å². The van der Waals surface area contributed by atoms with E-state index in [0.717, 1.165) is 18.1 Å². The largest absolute Gasteiger partial charge is 0.312 e. The summed E-state index contributed by atoms with van der Waals surface area (Å²) in [4.78, 5) is 0. The monoisotopic (exact) mass is 209 g/mol. The van der Waals surface area contributed by atoms with Gasteiger partial charge in [0.2, 0.25) is 0 Å². The molecule has 1 N–H and O–H groups in total. The third kappa shape index (κ3) is 2.73. The third-order valence-electron chi connectivity index (χ3n) is 2.90. The molecule has 0 radical (unpaired) electrons. The molecule has 0 spiro atoms. The van der Waals surface area contributed by atoms with Crippen LogP contribution >= 0.6 is 11.6 Å². The van der Waals surface area contributed by atoms with Crippen LogP contribution in [0.3, 0.4) is 0 Å². The molecule has 14 heavy (non-hydrogen) atoms. The highest BCUT2D eigenvalue weighted by molar-refractivity contribution is 6.30. The highest BCUT2D eigenvalue weighted by atomic mass is 35.5. The third-order valence-corrected chi connectivity index (χ3v) is 3.15. The molecule has 0 aliphatic heterocycles. The van der Waals surface area contributed by atoms with Gasteiger partial charge in [0, 0.05) is 18.1 Å². The first-order chi connectivity index (χ1) is 6.68. The second-order valence-electron chi connectivity index (χ2n) is 4.54. The zero-order valence-corrected chi connectivity index (χ0v) is 9.27. The Labute approximate surface area is 90.5 Å². The van der Waals surface area contributed by atoms with E-state index in [4.69, 9.17) is 11.6 Å². The van der Waals surface area contributed by atoms with E-state index in [1.54, 1.807) is 0 Å². The Morgan fingerprint density at radius 3 is 2.50 bits per heavy atom. The molecule has 0 heterocycles. The molecule has 1 fully saturated rings. The first-order valence-electron chi connectivity index (χ1n) is 5.13. The molecule has 1 aromatic rings. The summed E-state index contributed by atoms with van der Waals surface area (Å²) in [7, 11) is 0. The zero-order chi connectivity index (χ0) is 10.0. The molecule has 0 amide bonds. The number of rotatable bonds is 4. The lowest BCUT2D eigenvalue weighted by Crippen LogP contribution is -2.21. The average Bonchev–Trinajstić information content (AvgIpc) is 2.88. The van der Waals surface area contributed by atoms with Crippen molar-refractivity contribution in [3.63, 3.8) is 0 Å². The summed E-state index contributed by atoms with van der Waals surface area (Å²) >= 11 is 5.81. The van der Waals surface area contributed by atoms with Crippen molar-refractivity contribution in [1.29, 1.82) is 0 Å². The highest BCUT2D eigenvalue weighted by Crippen LogP contribution is 2.44. The number of hydrogen-bond acceptors (Lipinski definition) is 1. The summed E-state index contributed by atoms with van der Waals surface area (Å²) in [5, 5.41) is 4.29. The van der Waals surface area contributed by atoms with E-state index in [1.807, 2.05) is 12.1 Å². The van der Waals surface area contributed by atoms with Crippen LogP contribution in [0.4, 0.5) is 0 Å². The van der Waals surface area contributed by atoms with Gasteiger partial charge >= 0.3 is 0 Å². The van der Waals surface area contributed by atoms with Gasteiger partial charge in [0.05, 0.1) is 0 Å². The van der Waals surface area contributed by atoms with E-state index in [-0.39, 0.29) is 0 Å². The molecular formula is C12H16ClN. The maximum Gasteiger partial charge on any atom is 0.0406 e. The Morgan fingerprint density at radius 2 is 1.93 bits per heavy atom. The van der Waals surface area contributed by atoms with Gasteiger partial charge in [-0.05, 0) is 36.0 Å². The van der Waals surface area contributed by atoms with E-state index in [9.17, 15) is 0 Å². The minimum atomic E-state index is 0.590. The molecule has 1 nitrogen and oxygen atoms in total. The first kappa shape index (κ1) is 10.0. The van der Waals surface area contributed by atoms with Gasteiger partial charge in [-0.25, -0.2) is 0 Å². The number of nitrogens with one attached hydrogen (secondary N) is 1. The first-order valence-corrected chi connectivity index (χ1v) is 5.51. The maximum atomic E-state index is 5.81. The second kappa shape index (κ2) is 3.92. The Morgan fingerprint density at radius 1 is 1.29 bits per heavy atom. The molecule has 1 aliphatic rings. The van der Waals surface area contributed by atoms with Crippen LogP contribution in [-0.2, 0) is 6.54 Å². The van der Waals surface area contributed by atoms with Crippen LogP contribution in [0.5, 0.6) is 0 Å². The molecule has 0 unspecified atom stereocenters. The van der Waals surface area contributed by atoms with E-state index < -0.39 is 0 Å². The van der Waals surface area contributed by atoms with Gasteiger partial charge in [0.1, 0.15) is 0 Å². The van der Waals surface area contributed by atoms with Crippen LogP contribution in [0.15, 0.2) is 24.3 Å². The summed E-state index contributed by atoms with van der Waals surface area (Å²) in [5.74, 6) is 0. The Hall–Kier alpha value is -0.530. The van der Waals surface area contributed by atoms with Gasteiger partial charge in [-0.1, -0.05) is 30.7 Å². The Bertz CT molecular complexity index is 301. The molecule has 0 saturated heterocycles. The quantitative estimate of drug-likeness (QED) is 0.803. The zero-order valence-electron chi connectivity index (χ0n) is 8.52. The molecule has 0 aromatic heterocycles. The van der Waals surface area contributed by atoms with E-state index in [0.29, 0.717) is 5.41 Å². The topological polar surface area (TPSA) is 12.0 Å². The van der Waals surface area contributed by atoms with E-state index in [1.165, 1.54) is 18.4 Å². The molecule has 76 valence electrons. The summed E-state index contributed by atoms with van der Waals surface area (Å²) < 4.78 is 0. The van der Waals surface area contributed by atoms with Gasteiger partial charge < -0.3 is 5.32 Å². The standard InChI is InChI=1S/C12H16ClN/c1-12(6-7-12)9-14-8-10-2-4-11(13)5-3-10/h2-5,14H,6-9H2,1H3. The lowest BCUT2D eigenvalue weighted by Gasteiger charge is -2.09. The summed E-state index contributed by atoms with van der Waals surface area (Å²) in [6, 6.07) is 8.03. The minimum absolute atomic E-state index is 0.590. The van der Waals surface area contributed by atoms with E-state index in [2.05, 4.69) is 24.4 Å². The van der Waals surface area contributed by atoms with Crippen LogP contribution in [0, 0.1) is 5.41 Å². The molecule has 2 rings (SSSR count). The van der Waals surface area contributed by atoms with Crippen LogP contribution < -0.4 is 5.32 Å².